The Morgan fingerprint density at radius 2 is 2.00 bits per heavy atom. The molecule has 8 heteroatoms. The van der Waals surface area contributed by atoms with Crippen LogP contribution in [0.5, 0.6) is 11.5 Å². The van der Waals surface area contributed by atoms with E-state index in [-0.39, 0.29) is 11.5 Å². The number of rotatable bonds is 6. The fourth-order valence-corrected chi connectivity index (χ4v) is 2.81. The fraction of sp³-hybridized carbons (Fsp3) is 0.176. The Kier molecular flexibility index (Phi) is 6.98. The van der Waals surface area contributed by atoms with Crippen LogP contribution < -0.4 is 10.2 Å². The number of aliphatic hydroxyl groups excluding tert-OH is 1. The molecule has 2 aromatic rings. The maximum Gasteiger partial charge on any atom is 0.273 e. The highest BCUT2D eigenvalue weighted by Gasteiger charge is 2.17. The van der Waals surface area contributed by atoms with E-state index in [0.29, 0.717) is 26.7 Å². The second-order valence-corrected chi connectivity index (χ2v) is 6.51. The Hall–Kier alpha value is -1.90. The van der Waals surface area contributed by atoms with E-state index in [2.05, 4.69) is 42.4 Å². The molecule has 0 aromatic heterocycles. The van der Waals surface area contributed by atoms with Crippen LogP contribution in [-0.2, 0) is 4.79 Å². The van der Waals surface area contributed by atoms with E-state index < -0.39 is 12.0 Å². The van der Waals surface area contributed by atoms with Crippen LogP contribution >= 0.6 is 31.9 Å². The highest BCUT2D eigenvalue weighted by molar-refractivity contribution is 9.13. The summed E-state index contributed by atoms with van der Waals surface area (Å²) >= 11 is 6.59. The SMILES string of the molecule is CCOc1cc(C=NNC(=O)C(O)c2ccccc2)c(Br)c(Br)c1O. The third kappa shape index (κ3) is 4.81. The standard InChI is InChI=1S/C17H16Br2N2O4/c1-2-25-12-8-11(13(18)14(19)16(12)23)9-20-21-17(24)15(22)10-6-4-3-5-7-10/h3-9,15,22-23H,2H2,1H3,(H,21,24). The summed E-state index contributed by atoms with van der Waals surface area (Å²) < 4.78 is 6.31. The number of phenols is 1. The largest absolute Gasteiger partial charge is 0.503 e. The molecule has 3 N–H and O–H groups in total. The second-order valence-electron chi connectivity index (χ2n) is 4.92. The lowest BCUT2D eigenvalue weighted by molar-refractivity contribution is -0.129. The zero-order valence-corrected chi connectivity index (χ0v) is 16.4. The molecule has 2 rings (SSSR count). The molecule has 0 radical (unpaired) electrons. The van der Waals surface area contributed by atoms with E-state index in [1.54, 1.807) is 43.3 Å². The summed E-state index contributed by atoms with van der Waals surface area (Å²) in [5, 5.41) is 23.8. The van der Waals surface area contributed by atoms with Gasteiger partial charge in [-0.25, -0.2) is 5.43 Å². The molecule has 1 unspecified atom stereocenters. The van der Waals surface area contributed by atoms with E-state index in [4.69, 9.17) is 4.74 Å². The minimum absolute atomic E-state index is 0.0330. The molecule has 0 aliphatic heterocycles. The normalized spacial score (nSPS) is 12.2. The number of halogens is 2. The van der Waals surface area contributed by atoms with Crippen molar-refractivity contribution in [3.63, 3.8) is 0 Å². The maximum absolute atomic E-state index is 11.9. The number of benzene rings is 2. The van der Waals surface area contributed by atoms with Crippen LogP contribution in [0.25, 0.3) is 0 Å². The summed E-state index contributed by atoms with van der Waals surface area (Å²) in [7, 11) is 0. The Balaban J connectivity index is 2.13. The lowest BCUT2D eigenvalue weighted by Gasteiger charge is -2.11. The number of amides is 1. The van der Waals surface area contributed by atoms with Crippen molar-refractivity contribution in [2.75, 3.05) is 6.61 Å². The number of hydrogen-bond donors (Lipinski definition) is 3. The molecule has 2 aromatic carbocycles. The lowest BCUT2D eigenvalue weighted by atomic mass is 10.1. The van der Waals surface area contributed by atoms with Gasteiger partial charge in [0.15, 0.2) is 17.6 Å². The third-order valence-electron chi connectivity index (χ3n) is 3.22. The Morgan fingerprint density at radius 3 is 2.64 bits per heavy atom. The van der Waals surface area contributed by atoms with Gasteiger partial charge >= 0.3 is 0 Å². The number of carbonyl (C=O) groups excluding carboxylic acids is 1. The molecule has 0 saturated carbocycles. The lowest BCUT2D eigenvalue weighted by Crippen LogP contribution is -2.25. The number of ether oxygens (including phenoxy) is 1. The van der Waals surface area contributed by atoms with Gasteiger partial charge in [0.1, 0.15) is 0 Å². The Bertz CT molecular complexity index is 782. The molecule has 1 atom stereocenters. The molecule has 1 amide bonds. The summed E-state index contributed by atoms with van der Waals surface area (Å²) in [5.41, 5.74) is 3.33. The van der Waals surface area contributed by atoms with Gasteiger partial charge in [0, 0.05) is 10.0 Å². The number of aromatic hydroxyl groups is 1. The Morgan fingerprint density at radius 1 is 1.32 bits per heavy atom. The molecule has 0 fully saturated rings. The maximum atomic E-state index is 11.9. The van der Waals surface area contributed by atoms with E-state index in [1.807, 2.05) is 0 Å². The van der Waals surface area contributed by atoms with Gasteiger partial charge in [0.05, 0.1) is 17.3 Å². The van der Waals surface area contributed by atoms with Gasteiger partial charge < -0.3 is 14.9 Å². The van der Waals surface area contributed by atoms with Gasteiger partial charge in [-0.15, -0.1) is 0 Å². The van der Waals surface area contributed by atoms with Crippen LogP contribution in [0.15, 0.2) is 50.4 Å². The minimum Gasteiger partial charge on any atom is -0.503 e. The average Bonchev–Trinajstić information content (AvgIpc) is 2.63. The monoisotopic (exact) mass is 470 g/mol. The van der Waals surface area contributed by atoms with Crippen molar-refractivity contribution in [2.24, 2.45) is 5.10 Å². The highest BCUT2D eigenvalue weighted by atomic mass is 79.9. The Labute approximate surface area is 161 Å². The van der Waals surface area contributed by atoms with Gasteiger partial charge in [-0.3, -0.25) is 4.79 Å². The molecule has 0 bridgehead atoms. The first-order chi connectivity index (χ1) is 12.0. The zero-order chi connectivity index (χ0) is 18.4. The number of hydrazone groups is 1. The highest BCUT2D eigenvalue weighted by Crippen LogP contribution is 2.41. The first kappa shape index (κ1) is 19.4. The first-order valence-corrected chi connectivity index (χ1v) is 8.94. The smallest absolute Gasteiger partial charge is 0.273 e. The van der Waals surface area contributed by atoms with Crippen molar-refractivity contribution >= 4 is 44.0 Å². The van der Waals surface area contributed by atoms with Crippen LogP contribution in [-0.4, -0.2) is 28.9 Å². The van der Waals surface area contributed by atoms with Crippen LogP contribution in [0.1, 0.15) is 24.2 Å². The van der Waals surface area contributed by atoms with Crippen molar-refractivity contribution in [1.29, 1.82) is 0 Å². The summed E-state index contributed by atoms with van der Waals surface area (Å²) in [6.45, 7) is 2.19. The molecular formula is C17H16Br2N2O4. The quantitative estimate of drug-likeness (QED) is 0.444. The predicted molar refractivity (Wildman–Crippen MR) is 102 cm³/mol. The topological polar surface area (TPSA) is 91.2 Å². The van der Waals surface area contributed by atoms with Gasteiger partial charge in [-0.05, 0) is 50.4 Å². The predicted octanol–water partition coefficient (Wildman–Crippen LogP) is 3.50. The van der Waals surface area contributed by atoms with Crippen LogP contribution in [0.3, 0.4) is 0 Å². The molecule has 132 valence electrons. The van der Waals surface area contributed by atoms with Crippen molar-refractivity contribution in [3.05, 3.63) is 56.5 Å². The van der Waals surface area contributed by atoms with E-state index in [1.165, 1.54) is 6.21 Å². The molecular weight excluding hydrogens is 456 g/mol. The van der Waals surface area contributed by atoms with E-state index >= 15 is 0 Å². The number of aliphatic hydroxyl groups is 1. The summed E-state index contributed by atoms with van der Waals surface area (Å²) in [6, 6.07) is 10.1. The van der Waals surface area contributed by atoms with E-state index in [0.717, 1.165) is 0 Å². The van der Waals surface area contributed by atoms with Gasteiger partial charge in [-0.1, -0.05) is 30.3 Å². The number of phenolic OH excluding ortho intramolecular Hbond substituents is 1. The summed E-state index contributed by atoms with van der Waals surface area (Å²) in [4.78, 5) is 11.9. The number of hydrogen-bond acceptors (Lipinski definition) is 5. The van der Waals surface area contributed by atoms with Gasteiger partial charge in [0.25, 0.3) is 5.91 Å². The van der Waals surface area contributed by atoms with E-state index in [9.17, 15) is 15.0 Å². The fourth-order valence-electron chi connectivity index (χ4n) is 1.98. The molecule has 0 heterocycles. The van der Waals surface area contributed by atoms with Crippen molar-refractivity contribution < 1.29 is 19.7 Å². The average molecular weight is 472 g/mol. The molecule has 0 spiro atoms. The van der Waals surface area contributed by atoms with Crippen LogP contribution in [0, 0.1) is 0 Å². The second kappa shape index (κ2) is 8.98. The minimum atomic E-state index is -1.31. The van der Waals surface area contributed by atoms with Gasteiger partial charge in [-0.2, -0.15) is 5.10 Å². The summed E-state index contributed by atoms with van der Waals surface area (Å²) in [5.74, 6) is -0.398. The first-order valence-electron chi connectivity index (χ1n) is 7.35. The number of nitrogens with one attached hydrogen (secondary N) is 1. The molecule has 25 heavy (non-hydrogen) atoms. The molecule has 0 aliphatic carbocycles. The third-order valence-corrected chi connectivity index (χ3v) is 5.37. The van der Waals surface area contributed by atoms with Crippen molar-refractivity contribution in [1.82, 2.24) is 5.43 Å². The van der Waals surface area contributed by atoms with Gasteiger partial charge in [0.2, 0.25) is 0 Å². The zero-order valence-electron chi connectivity index (χ0n) is 13.2. The molecule has 0 aliphatic rings. The summed E-state index contributed by atoms with van der Waals surface area (Å²) in [6.07, 6.45) is 0.0687. The van der Waals surface area contributed by atoms with Crippen molar-refractivity contribution in [3.8, 4) is 11.5 Å². The molecule has 6 nitrogen and oxygen atoms in total. The van der Waals surface area contributed by atoms with Crippen molar-refractivity contribution in [2.45, 2.75) is 13.0 Å². The van der Waals surface area contributed by atoms with Crippen LogP contribution in [0.4, 0.5) is 0 Å². The number of carbonyl (C=O) groups is 1. The van der Waals surface area contributed by atoms with Crippen LogP contribution in [0.2, 0.25) is 0 Å². The number of nitrogens with zero attached hydrogens (tertiary/aromatic N) is 1. The molecule has 0 saturated heterocycles.